The SMILES string of the molecule is COc1cc2c(cc1OC)[C@H](O[Si](c1ccccc1)(c1ccccc1)C(C)(C)C)[C@@H](c1ccccc1)N[C@@H]2C. The standard InChI is InChI=1S/C34H39NO3Si/c1-24-28-22-30(36-5)31(37-6)23-29(28)33(32(35-24)25-16-10-7-11-17-25)38-39(34(2,3)4,26-18-12-8-13-19-26)27-20-14-9-15-21-27/h7-24,32-33,35H,1-6H3/t24-,32-,33+/m1/s1. The summed E-state index contributed by atoms with van der Waals surface area (Å²) in [6.07, 6.45) is -0.260. The minimum atomic E-state index is -2.86. The molecule has 0 aromatic heterocycles. The molecule has 202 valence electrons. The van der Waals surface area contributed by atoms with Crippen molar-refractivity contribution >= 4 is 18.7 Å². The van der Waals surface area contributed by atoms with Gasteiger partial charge in [-0.1, -0.05) is 112 Å². The average molecular weight is 538 g/mol. The van der Waals surface area contributed by atoms with Gasteiger partial charge >= 0.3 is 0 Å². The molecule has 1 N–H and O–H groups in total. The van der Waals surface area contributed by atoms with Crippen molar-refractivity contribution in [2.24, 2.45) is 0 Å². The minimum absolute atomic E-state index is 0.0477. The van der Waals surface area contributed by atoms with Crippen molar-refractivity contribution < 1.29 is 13.9 Å². The first-order valence-corrected chi connectivity index (χ1v) is 15.6. The third kappa shape index (κ3) is 4.91. The zero-order valence-electron chi connectivity index (χ0n) is 23.8. The van der Waals surface area contributed by atoms with E-state index in [1.165, 1.54) is 21.5 Å². The molecule has 0 fully saturated rings. The summed E-state index contributed by atoms with van der Waals surface area (Å²) in [6.45, 7) is 9.18. The third-order valence-corrected chi connectivity index (χ3v) is 13.0. The highest BCUT2D eigenvalue weighted by molar-refractivity contribution is 6.99. The number of ether oxygens (including phenoxy) is 2. The second-order valence-corrected chi connectivity index (χ2v) is 15.6. The van der Waals surface area contributed by atoms with Crippen molar-refractivity contribution in [2.75, 3.05) is 14.2 Å². The molecule has 3 atom stereocenters. The number of hydrogen-bond acceptors (Lipinski definition) is 4. The smallest absolute Gasteiger partial charge is 0.261 e. The van der Waals surface area contributed by atoms with Crippen molar-refractivity contribution in [3.8, 4) is 11.5 Å². The maximum absolute atomic E-state index is 7.81. The van der Waals surface area contributed by atoms with Crippen LogP contribution in [-0.2, 0) is 4.43 Å². The van der Waals surface area contributed by atoms with E-state index < -0.39 is 8.32 Å². The van der Waals surface area contributed by atoms with Gasteiger partial charge in [0.2, 0.25) is 0 Å². The van der Waals surface area contributed by atoms with Crippen molar-refractivity contribution in [1.82, 2.24) is 5.32 Å². The predicted molar refractivity (Wildman–Crippen MR) is 162 cm³/mol. The van der Waals surface area contributed by atoms with E-state index in [-0.39, 0.29) is 23.2 Å². The first-order valence-electron chi connectivity index (χ1n) is 13.7. The largest absolute Gasteiger partial charge is 0.493 e. The van der Waals surface area contributed by atoms with Crippen LogP contribution in [0.1, 0.15) is 62.6 Å². The lowest BCUT2D eigenvalue weighted by Gasteiger charge is -2.49. The summed E-state index contributed by atoms with van der Waals surface area (Å²) >= 11 is 0. The van der Waals surface area contributed by atoms with Crippen molar-refractivity contribution in [3.05, 3.63) is 120 Å². The Kier molecular flexibility index (Phi) is 7.67. The van der Waals surface area contributed by atoms with Gasteiger partial charge in [-0.25, -0.2) is 0 Å². The molecule has 5 heteroatoms. The molecule has 1 heterocycles. The summed E-state index contributed by atoms with van der Waals surface area (Å²) in [5.74, 6) is 1.44. The lowest BCUT2D eigenvalue weighted by molar-refractivity contribution is 0.122. The Morgan fingerprint density at radius 1 is 0.667 bits per heavy atom. The Hall–Kier alpha value is -3.38. The molecule has 4 aromatic rings. The molecular weight excluding hydrogens is 498 g/mol. The molecule has 0 bridgehead atoms. The Morgan fingerprint density at radius 3 is 1.59 bits per heavy atom. The maximum Gasteiger partial charge on any atom is 0.261 e. The molecule has 0 saturated carbocycles. The van der Waals surface area contributed by atoms with E-state index >= 15 is 0 Å². The number of rotatable bonds is 7. The van der Waals surface area contributed by atoms with Crippen LogP contribution in [0.3, 0.4) is 0 Å². The fraction of sp³-hybridized carbons (Fsp3) is 0.294. The van der Waals surface area contributed by atoms with E-state index in [9.17, 15) is 0 Å². The summed E-state index contributed by atoms with van der Waals surface area (Å²) < 4.78 is 19.3. The fourth-order valence-corrected chi connectivity index (χ4v) is 10.8. The van der Waals surface area contributed by atoms with Crippen molar-refractivity contribution in [1.29, 1.82) is 0 Å². The fourth-order valence-electron chi connectivity index (χ4n) is 6.10. The minimum Gasteiger partial charge on any atom is -0.493 e. The quantitative estimate of drug-likeness (QED) is 0.266. The van der Waals surface area contributed by atoms with Crippen LogP contribution in [0.25, 0.3) is 0 Å². The van der Waals surface area contributed by atoms with Gasteiger partial charge in [0.25, 0.3) is 8.32 Å². The van der Waals surface area contributed by atoms with Gasteiger partial charge in [-0.2, -0.15) is 0 Å². The molecule has 0 radical (unpaired) electrons. The molecule has 5 rings (SSSR count). The highest BCUT2D eigenvalue weighted by Crippen LogP contribution is 2.49. The van der Waals surface area contributed by atoms with Gasteiger partial charge < -0.3 is 19.2 Å². The zero-order chi connectivity index (χ0) is 27.6. The number of benzene rings is 4. The van der Waals surface area contributed by atoms with E-state index in [1.54, 1.807) is 14.2 Å². The molecule has 4 aromatic carbocycles. The number of methoxy groups -OCH3 is 2. The predicted octanol–water partition coefficient (Wildman–Crippen LogP) is 6.73. The van der Waals surface area contributed by atoms with Gasteiger partial charge in [-0.05, 0) is 51.2 Å². The Bertz CT molecular complexity index is 1350. The van der Waals surface area contributed by atoms with Gasteiger partial charge in [0, 0.05) is 6.04 Å². The molecule has 0 amide bonds. The number of hydrogen-bond donors (Lipinski definition) is 1. The van der Waals surface area contributed by atoms with Crippen molar-refractivity contribution in [3.63, 3.8) is 0 Å². The normalized spacial score (nSPS) is 19.3. The molecular formula is C34H39NO3Si. The van der Waals surface area contributed by atoms with E-state index in [1.807, 2.05) is 0 Å². The summed E-state index contributed by atoms with van der Waals surface area (Å²) in [5.41, 5.74) is 3.51. The highest BCUT2D eigenvalue weighted by atomic mass is 28.4. The summed E-state index contributed by atoms with van der Waals surface area (Å²) in [5, 5.41) is 6.27. The second-order valence-electron chi connectivity index (χ2n) is 11.3. The molecule has 4 nitrogen and oxygen atoms in total. The van der Waals surface area contributed by atoms with Crippen LogP contribution in [0.15, 0.2) is 103 Å². The van der Waals surface area contributed by atoms with Crippen LogP contribution in [0, 0.1) is 0 Å². The van der Waals surface area contributed by atoms with E-state index in [4.69, 9.17) is 13.9 Å². The van der Waals surface area contributed by atoms with Gasteiger partial charge in [-0.15, -0.1) is 0 Å². The average Bonchev–Trinajstić information content (AvgIpc) is 2.96. The summed E-state index contributed by atoms with van der Waals surface area (Å²) in [7, 11) is 0.521. The molecule has 0 saturated heterocycles. The molecule has 0 unspecified atom stereocenters. The molecule has 1 aliphatic heterocycles. The first-order chi connectivity index (χ1) is 18.8. The van der Waals surface area contributed by atoms with Gasteiger partial charge in [0.15, 0.2) is 11.5 Å². The van der Waals surface area contributed by atoms with Crippen LogP contribution in [0.2, 0.25) is 5.04 Å². The zero-order valence-corrected chi connectivity index (χ0v) is 24.8. The van der Waals surface area contributed by atoms with Crippen LogP contribution in [0.4, 0.5) is 0 Å². The molecule has 39 heavy (non-hydrogen) atoms. The Labute approximate surface area is 234 Å². The van der Waals surface area contributed by atoms with Gasteiger partial charge in [-0.3, -0.25) is 0 Å². The van der Waals surface area contributed by atoms with E-state index in [0.29, 0.717) is 5.75 Å². The van der Waals surface area contributed by atoms with Crippen LogP contribution in [0.5, 0.6) is 11.5 Å². The second kappa shape index (κ2) is 11.0. The van der Waals surface area contributed by atoms with Crippen molar-refractivity contribution in [2.45, 2.75) is 50.9 Å². The van der Waals surface area contributed by atoms with E-state index in [0.717, 1.165) is 11.3 Å². The lowest BCUT2D eigenvalue weighted by atomic mass is 9.85. The Balaban J connectivity index is 1.79. The highest BCUT2D eigenvalue weighted by Gasteiger charge is 2.53. The molecule has 0 spiro atoms. The van der Waals surface area contributed by atoms with Crippen LogP contribution < -0.4 is 25.2 Å². The van der Waals surface area contributed by atoms with Gasteiger partial charge in [0.1, 0.15) is 0 Å². The first kappa shape index (κ1) is 27.2. The van der Waals surface area contributed by atoms with E-state index in [2.05, 4.69) is 136 Å². The van der Waals surface area contributed by atoms with Gasteiger partial charge in [0.05, 0.1) is 26.4 Å². The summed E-state index contributed by atoms with van der Waals surface area (Å²) in [4.78, 5) is 0. The third-order valence-electron chi connectivity index (χ3n) is 7.97. The maximum atomic E-state index is 7.81. The molecule has 1 aliphatic rings. The lowest BCUT2D eigenvalue weighted by Crippen LogP contribution is -2.67. The van der Waals surface area contributed by atoms with Crippen LogP contribution >= 0.6 is 0 Å². The summed E-state index contributed by atoms with van der Waals surface area (Å²) in [6, 6.07) is 36.6. The monoisotopic (exact) mass is 537 g/mol. The van der Waals surface area contributed by atoms with Crippen LogP contribution in [-0.4, -0.2) is 22.5 Å². The number of nitrogens with one attached hydrogen (secondary N) is 1. The topological polar surface area (TPSA) is 39.7 Å². The Morgan fingerprint density at radius 2 is 1.13 bits per heavy atom. The molecule has 0 aliphatic carbocycles. The number of fused-ring (bicyclic) bond motifs is 1.